The number of ketones is 1. The van der Waals surface area contributed by atoms with Crippen molar-refractivity contribution in [3.05, 3.63) is 47.5 Å². The maximum absolute atomic E-state index is 12.8. The van der Waals surface area contributed by atoms with Crippen molar-refractivity contribution >= 4 is 11.9 Å². The van der Waals surface area contributed by atoms with Gasteiger partial charge in [-0.1, -0.05) is 12.1 Å². The summed E-state index contributed by atoms with van der Waals surface area (Å²) in [5.74, 6) is 2.29. The Hall–Kier alpha value is -3.23. The van der Waals surface area contributed by atoms with Crippen molar-refractivity contribution in [2.45, 2.75) is 32.0 Å². The third-order valence-corrected chi connectivity index (χ3v) is 5.55. The van der Waals surface area contributed by atoms with E-state index >= 15 is 0 Å². The molecule has 3 rings (SSSR count). The Bertz CT molecular complexity index is 970. The molecule has 2 aromatic carbocycles. The molecular formula is C27H34O8. The molecule has 1 heterocycles. The Morgan fingerprint density at radius 1 is 0.914 bits per heavy atom. The van der Waals surface area contributed by atoms with Crippen molar-refractivity contribution in [2.24, 2.45) is 0 Å². The van der Waals surface area contributed by atoms with Crippen LogP contribution in [0.1, 0.15) is 41.6 Å². The van der Waals surface area contributed by atoms with Gasteiger partial charge in [0.1, 0.15) is 0 Å². The smallest absolute Gasteiger partial charge is 0.203 e. The minimum atomic E-state index is -0.204. The number of ether oxygens (including phenoxy) is 7. The molecule has 0 N–H and O–H groups in total. The SMILES string of the molecule is COc1ccc(/C=C/C(=O)c2cc(OC)c(OC)c(OC)c2)cc1OCCCOC1CCCCO1. The van der Waals surface area contributed by atoms with E-state index in [1.165, 1.54) is 27.4 Å². The summed E-state index contributed by atoms with van der Waals surface area (Å²) in [6.45, 7) is 1.80. The van der Waals surface area contributed by atoms with Gasteiger partial charge < -0.3 is 33.2 Å². The quantitative estimate of drug-likeness (QED) is 0.224. The predicted molar refractivity (Wildman–Crippen MR) is 132 cm³/mol. The molecule has 1 aliphatic heterocycles. The van der Waals surface area contributed by atoms with Crippen LogP contribution >= 0.6 is 0 Å². The van der Waals surface area contributed by atoms with Crippen LogP contribution in [0.3, 0.4) is 0 Å². The number of carbonyl (C=O) groups is 1. The molecule has 1 unspecified atom stereocenters. The molecule has 0 spiro atoms. The van der Waals surface area contributed by atoms with E-state index in [1.54, 1.807) is 25.3 Å². The normalized spacial score (nSPS) is 15.6. The third kappa shape index (κ3) is 7.37. The molecule has 190 valence electrons. The van der Waals surface area contributed by atoms with E-state index < -0.39 is 0 Å². The van der Waals surface area contributed by atoms with Crippen LogP contribution < -0.4 is 23.7 Å². The highest BCUT2D eigenvalue weighted by atomic mass is 16.7. The summed E-state index contributed by atoms with van der Waals surface area (Å²) in [4.78, 5) is 12.8. The molecule has 0 aliphatic carbocycles. The van der Waals surface area contributed by atoms with Gasteiger partial charge in [-0.15, -0.1) is 0 Å². The second-order valence-electron chi connectivity index (χ2n) is 7.89. The fourth-order valence-electron chi connectivity index (χ4n) is 3.70. The summed E-state index contributed by atoms with van der Waals surface area (Å²) in [6.07, 6.45) is 7.02. The average Bonchev–Trinajstić information content (AvgIpc) is 2.91. The summed E-state index contributed by atoms with van der Waals surface area (Å²) in [5.41, 5.74) is 1.22. The van der Waals surface area contributed by atoms with Gasteiger partial charge in [-0.2, -0.15) is 0 Å². The molecule has 1 saturated heterocycles. The van der Waals surface area contributed by atoms with Gasteiger partial charge in [0.05, 0.1) is 41.7 Å². The molecule has 1 aliphatic rings. The summed E-state index contributed by atoms with van der Waals surface area (Å²) in [6, 6.07) is 8.75. The minimum absolute atomic E-state index is 0.102. The van der Waals surface area contributed by atoms with Gasteiger partial charge in [0.15, 0.2) is 35.1 Å². The van der Waals surface area contributed by atoms with Crippen molar-refractivity contribution in [1.29, 1.82) is 0 Å². The highest BCUT2D eigenvalue weighted by Gasteiger charge is 2.16. The molecule has 35 heavy (non-hydrogen) atoms. The van der Waals surface area contributed by atoms with Crippen LogP contribution in [0.4, 0.5) is 0 Å². The van der Waals surface area contributed by atoms with Crippen LogP contribution in [0.2, 0.25) is 0 Å². The van der Waals surface area contributed by atoms with Gasteiger partial charge in [0.2, 0.25) is 5.75 Å². The first-order chi connectivity index (χ1) is 17.1. The lowest BCUT2D eigenvalue weighted by molar-refractivity contribution is -0.163. The number of allylic oxidation sites excluding steroid dienone is 1. The first kappa shape index (κ1) is 26.4. The molecule has 1 atom stereocenters. The number of rotatable bonds is 13. The molecule has 8 nitrogen and oxygen atoms in total. The van der Waals surface area contributed by atoms with E-state index in [1.807, 2.05) is 18.2 Å². The monoisotopic (exact) mass is 486 g/mol. The minimum Gasteiger partial charge on any atom is -0.493 e. The average molecular weight is 487 g/mol. The van der Waals surface area contributed by atoms with Crippen LogP contribution in [0.5, 0.6) is 28.7 Å². The molecule has 0 radical (unpaired) electrons. The van der Waals surface area contributed by atoms with Crippen molar-refractivity contribution in [3.63, 3.8) is 0 Å². The second kappa shape index (κ2) is 13.6. The molecule has 2 aromatic rings. The van der Waals surface area contributed by atoms with E-state index in [0.29, 0.717) is 47.5 Å². The first-order valence-electron chi connectivity index (χ1n) is 11.7. The third-order valence-electron chi connectivity index (χ3n) is 5.55. The van der Waals surface area contributed by atoms with Crippen LogP contribution in [0.15, 0.2) is 36.4 Å². The number of benzene rings is 2. The summed E-state index contributed by atoms with van der Waals surface area (Å²) >= 11 is 0. The Morgan fingerprint density at radius 3 is 2.29 bits per heavy atom. The first-order valence-corrected chi connectivity index (χ1v) is 11.7. The number of hydrogen-bond acceptors (Lipinski definition) is 8. The van der Waals surface area contributed by atoms with E-state index in [4.69, 9.17) is 33.2 Å². The predicted octanol–water partition coefficient (Wildman–Crippen LogP) is 4.93. The Kier molecular flexibility index (Phi) is 10.3. The largest absolute Gasteiger partial charge is 0.493 e. The van der Waals surface area contributed by atoms with E-state index in [-0.39, 0.29) is 12.1 Å². The van der Waals surface area contributed by atoms with Gasteiger partial charge in [-0.25, -0.2) is 0 Å². The van der Waals surface area contributed by atoms with E-state index in [0.717, 1.165) is 37.9 Å². The summed E-state index contributed by atoms with van der Waals surface area (Å²) in [7, 11) is 6.13. The van der Waals surface area contributed by atoms with Crippen LogP contribution in [0.25, 0.3) is 6.08 Å². The molecule has 0 saturated carbocycles. The van der Waals surface area contributed by atoms with Crippen LogP contribution in [0, 0.1) is 0 Å². The standard InChI is InChI=1S/C27H34O8/c1-29-22-12-10-19(16-23(22)33-14-7-15-35-26-8-5-6-13-34-26)9-11-21(28)20-17-24(30-2)27(32-4)25(18-20)31-3/h9-12,16-18,26H,5-8,13-15H2,1-4H3/b11-9+. The zero-order valence-corrected chi connectivity index (χ0v) is 20.8. The zero-order valence-electron chi connectivity index (χ0n) is 20.8. The lowest BCUT2D eigenvalue weighted by Crippen LogP contribution is -2.23. The van der Waals surface area contributed by atoms with Crippen molar-refractivity contribution < 1.29 is 38.0 Å². The Morgan fingerprint density at radius 2 is 1.66 bits per heavy atom. The summed E-state index contributed by atoms with van der Waals surface area (Å²) < 4.78 is 38.6. The Labute approximate surface area is 206 Å². The number of carbonyl (C=O) groups excluding carboxylic acids is 1. The van der Waals surface area contributed by atoms with Gasteiger partial charge in [-0.05, 0) is 55.2 Å². The molecule has 0 aromatic heterocycles. The fraction of sp³-hybridized carbons (Fsp3) is 0.444. The zero-order chi connectivity index (χ0) is 25.0. The topological polar surface area (TPSA) is 81.7 Å². The number of methoxy groups -OCH3 is 4. The van der Waals surface area contributed by atoms with Gasteiger partial charge >= 0.3 is 0 Å². The fourth-order valence-corrected chi connectivity index (χ4v) is 3.70. The van der Waals surface area contributed by atoms with E-state index in [2.05, 4.69) is 0 Å². The highest BCUT2D eigenvalue weighted by Crippen LogP contribution is 2.38. The molecule has 1 fully saturated rings. The van der Waals surface area contributed by atoms with Crippen LogP contribution in [-0.4, -0.2) is 60.3 Å². The molecule has 0 amide bonds. The molecular weight excluding hydrogens is 452 g/mol. The van der Waals surface area contributed by atoms with Gasteiger partial charge in [0.25, 0.3) is 0 Å². The van der Waals surface area contributed by atoms with Crippen molar-refractivity contribution in [1.82, 2.24) is 0 Å². The Balaban J connectivity index is 1.62. The van der Waals surface area contributed by atoms with Gasteiger partial charge in [-0.3, -0.25) is 4.79 Å². The second-order valence-corrected chi connectivity index (χ2v) is 7.89. The highest BCUT2D eigenvalue weighted by molar-refractivity contribution is 6.07. The van der Waals surface area contributed by atoms with E-state index in [9.17, 15) is 4.79 Å². The lowest BCUT2D eigenvalue weighted by atomic mass is 10.1. The van der Waals surface area contributed by atoms with Gasteiger partial charge in [0, 0.05) is 18.6 Å². The molecule has 8 heteroatoms. The lowest BCUT2D eigenvalue weighted by Gasteiger charge is -2.22. The maximum Gasteiger partial charge on any atom is 0.203 e. The number of hydrogen-bond donors (Lipinski definition) is 0. The van der Waals surface area contributed by atoms with Crippen molar-refractivity contribution in [2.75, 3.05) is 48.3 Å². The van der Waals surface area contributed by atoms with Crippen LogP contribution in [-0.2, 0) is 9.47 Å². The summed E-state index contributed by atoms with van der Waals surface area (Å²) in [5, 5.41) is 0. The molecule has 0 bridgehead atoms. The van der Waals surface area contributed by atoms with Crippen molar-refractivity contribution in [3.8, 4) is 28.7 Å². The maximum atomic E-state index is 12.8.